The molecule has 0 spiro atoms. The van der Waals surface area contributed by atoms with Gasteiger partial charge < -0.3 is 27.4 Å². The highest BCUT2D eigenvalue weighted by Crippen LogP contribution is 2.44. The van der Waals surface area contributed by atoms with Gasteiger partial charge in [0.15, 0.2) is 11.6 Å². The first-order chi connectivity index (χ1) is 26.5. The van der Waals surface area contributed by atoms with E-state index in [2.05, 4.69) is 35.7 Å². The van der Waals surface area contributed by atoms with Gasteiger partial charge in [0, 0.05) is 18.0 Å². The van der Waals surface area contributed by atoms with E-state index in [0.717, 1.165) is 29.3 Å². The number of phenolic OH excluding ortho intramolecular Hbond substituents is 1. The van der Waals surface area contributed by atoms with Crippen LogP contribution in [0.3, 0.4) is 0 Å². The molecule has 0 aromatic heterocycles. The Hall–Kier alpha value is -7.13. The number of aliphatic imine (C=N–C) groups is 1. The van der Waals surface area contributed by atoms with Crippen molar-refractivity contribution in [2.75, 3.05) is 17.2 Å². The van der Waals surface area contributed by atoms with Crippen molar-refractivity contribution in [2.24, 2.45) is 35.7 Å². The molecule has 0 bridgehead atoms. The second-order valence-electron chi connectivity index (χ2n) is 12.0. The van der Waals surface area contributed by atoms with Crippen LogP contribution in [-0.4, -0.2) is 42.1 Å². The number of benzene rings is 6. The number of rotatable bonds is 10. The predicted molar refractivity (Wildman–Crippen MR) is 211 cm³/mol. The lowest BCUT2D eigenvalue weighted by molar-refractivity contribution is 0.472. The van der Waals surface area contributed by atoms with E-state index in [1.807, 2.05) is 0 Å². The third kappa shape index (κ3) is 8.80. The topological polar surface area (TPSA) is 314 Å². The van der Waals surface area contributed by atoms with E-state index in [-0.39, 0.29) is 39.4 Å². The van der Waals surface area contributed by atoms with Gasteiger partial charge in [-0.3, -0.25) is 9.11 Å². The quantitative estimate of drug-likeness (QED) is 0.0225. The van der Waals surface area contributed by atoms with Crippen LogP contribution in [0.2, 0.25) is 0 Å². The average Bonchev–Trinajstić information content (AvgIpc) is 3.13. The number of nitrogens with zero attached hydrogens (tertiary/aromatic N) is 7. The van der Waals surface area contributed by atoms with Gasteiger partial charge in [-0.1, -0.05) is 24.3 Å². The van der Waals surface area contributed by atoms with Crippen LogP contribution in [0, 0.1) is 0 Å². The van der Waals surface area contributed by atoms with Crippen LogP contribution in [0.4, 0.5) is 56.9 Å². The first-order valence-corrected chi connectivity index (χ1v) is 18.9. The van der Waals surface area contributed by atoms with Crippen molar-refractivity contribution in [2.45, 2.75) is 16.7 Å². The van der Waals surface area contributed by atoms with E-state index in [9.17, 15) is 36.2 Å². The Bertz CT molecular complexity index is 2840. The van der Waals surface area contributed by atoms with Crippen LogP contribution in [0.25, 0.3) is 21.9 Å². The molecule has 0 atom stereocenters. The molecular weight excluding hydrogens is 765 g/mol. The number of phenols is 1. The van der Waals surface area contributed by atoms with Crippen molar-refractivity contribution >= 4 is 93.8 Å². The lowest BCUT2D eigenvalue weighted by Gasteiger charge is -2.12. The van der Waals surface area contributed by atoms with Gasteiger partial charge in [-0.15, -0.1) is 15.3 Å². The number of aliphatic hydroxyl groups excluding tert-OH is 1. The molecule has 0 heterocycles. The number of fused-ring (bicyclic) bond motifs is 1. The smallest absolute Gasteiger partial charge is 0.296 e. The van der Waals surface area contributed by atoms with Gasteiger partial charge >= 0.3 is 0 Å². The maximum absolute atomic E-state index is 12.2. The molecular formula is C36H30N10O8S2. The number of nitrogens with two attached hydrogens (primary N) is 3. The van der Waals surface area contributed by atoms with E-state index in [0.29, 0.717) is 28.4 Å². The molecule has 0 aliphatic heterocycles. The van der Waals surface area contributed by atoms with E-state index in [1.54, 1.807) is 78.9 Å². The first-order valence-electron chi connectivity index (χ1n) is 16.0. The van der Waals surface area contributed by atoms with E-state index >= 15 is 0 Å². The molecule has 0 aliphatic carbocycles. The zero-order chi connectivity index (χ0) is 40.4. The fourth-order valence-corrected chi connectivity index (χ4v) is 6.48. The Morgan fingerprint density at radius 1 is 0.554 bits per heavy atom. The first kappa shape index (κ1) is 38.6. The summed E-state index contributed by atoms with van der Waals surface area (Å²) in [4.78, 5) is 2.43. The van der Waals surface area contributed by atoms with Crippen LogP contribution in [0.1, 0.15) is 6.92 Å². The summed E-state index contributed by atoms with van der Waals surface area (Å²) >= 11 is 0. The number of nitrogen functional groups attached to an aromatic ring is 3. The van der Waals surface area contributed by atoms with Gasteiger partial charge in [-0.2, -0.15) is 32.2 Å². The highest BCUT2D eigenvalue weighted by molar-refractivity contribution is 7.86. The fraction of sp³-hybridized carbons (Fsp3) is 0.0278. The summed E-state index contributed by atoms with van der Waals surface area (Å²) in [7, 11) is -9.74. The Balaban J connectivity index is 1.18. The van der Waals surface area contributed by atoms with Gasteiger partial charge in [0.25, 0.3) is 20.2 Å². The minimum Gasteiger partial charge on any atom is -0.505 e. The van der Waals surface area contributed by atoms with Crippen molar-refractivity contribution < 1.29 is 36.2 Å². The minimum atomic E-state index is -5.01. The molecule has 0 amide bonds. The van der Waals surface area contributed by atoms with Crippen molar-refractivity contribution in [3.8, 4) is 16.9 Å². The second kappa shape index (κ2) is 15.3. The summed E-state index contributed by atoms with van der Waals surface area (Å²) in [5.74, 6) is -0.856. The number of anilines is 3. The summed E-state index contributed by atoms with van der Waals surface area (Å²) in [6.07, 6.45) is 0. The number of aliphatic hydroxyl groups is 1. The SMILES string of the molecule is CC(O)=Nc1ccc(N=Nc2cc(N=Nc3ccc(-c4ccc(N=Nc5c(S(=O)(=O)O)cc6cc(S(=O)(=O)O)cc(N)c6c5O)cc4)cc3)c(N)cc2N)cc1. The molecule has 10 N–H and O–H groups in total. The molecule has 284 valence electrons. The van der Waals surface area contributed by atoms with E-state index in [1.165, 1.54) is 13.0 Å². The van der Waals surface area contributed by atoms with Crippen LogP contribution in [0.5, 0.6) is 5.75 Å². The minimum absolute atomic E-state index is 0.0654. The molecule has 0 saturated carbocycles. The zero-order valence-corrected chi connectivity index (χ0v) is 30.5. The summed E-state index contributed by atoms with van der Waals surface area (Å²) < 4.78 is 67.0. The number of aromatic hydroxyl groups is 1. The molecule has 6 aromatic rings. The Morgan fingerprint density at radius 2 is 1.02 bits per heavy atom. The third-order valence-corrected chi connectivity index (χ3v) is 9.62. The van der Waals surface area contributed by atoms with Gasteiger partial charge in [-0.05, 0) is 95.4 Å². The van der Waals surface area contributed by atoms with Crippen molar-refractivity contribution in [3.05, 3.63) is 103 Å². The molecule has 20 heteroatoms. The molecule has 0 radical (unpaired) electrons. The fourth-order valence-electron chi connectivity index (χ4n) is 5.27. The third-order valence-electron chi connectivity index (χ3n) is 7.93. The lowest BCUT2D eigenvalue weighted by Crippen LogP contribution is -2.02. The van der Waals surface area contributed by atoms with Gasteiger partial charge in [-0.25, -0.2) is 4.99 Å². The molecule has 18 nitrogen and oxygen atoms in total. The summed E-state index contributed by atoms with van der Waals surface area (Å²) in [5, 5.41) is 44.7. The maximum atomic E-state index is 12.2. The molecule has 0 unspecified atom stereocenters. The summed E-state index contributed by atoms with van der Waals surface area (Å²) in [6.45, 7) is 1.47. The van der Waals surface area contributed by atoms with Crippen molar-refractivity contribution in [1.82, 2.24) is 0 Å². The second-order valence-corrected chi connectivity index (χ2v) is 14.8. The van der Waals surface area contributed by atoms with Crippen LogP contribution >= 0.6 is 0 Å². The standard InChI is InChI=1S/C36H30N10O8S2/c1-19(47)40-23-10-12-26(13-11-23)42-45-32-18-31(28(37)17-29(32)38)44-41-24-6-2-20(3-7-24)21-4-8-25(9-5-21)43-46-35-33(56(52,53)54)15-22-14-27(55(49,50)51)16-30(39)34(22)36(35)48/h2-18,48H,37-39H2,1H3,(H,40,47)(H,49,50,51)(H,52,53,54). The monoisotopic (exact) mass is 794 g/mol. The number of hydrogen-bond donors (Lipinski definition) is 7. The average molecular weight is 795 g/mol. The molecule has 6 aromatic carbocycles. The largest absolute Gasteiger partial charge is 0.505 e. The van der Waals surface area contributed by atoms with Gasteiger partial charge in [0.1, 0.15) is 22.0 Å². The molecule has 56 heavy (non-hydrogen) atoms. The predicted octanol–water partition coefficient (Wildman–Crippen LogP) is 9.31. The van der Waals surface area contributed by atoms with Crippen LogP contribution in [0.15, 0.2) is 149 Å². The van der Waals surface area contributed by atoms with E-state index in [4.69, 9.17) is 17.2 Å². The molecule has 6 rings (SSSR count). The normalized spacial score (nSPS) is 12.7. The Kier molecular flexibility index (Phi) is 10.6. The van der Waals surface area contributed by atoms with Gasteiger partial charge in [0.05, 0.1) is 39.0 Å². The van der Waals surface area contributed by atoms with Crippen molar-refractivity contribution in [1.29, 1.82) is 0 Å². The number of azo groups is 3. The molecule has 0 aliphatic rings. The lowest BCUT2D eigenvalue weighted by atomic mass is 10.1. The van der Waals surface area contributed by atoms with Crippen LogP contribution < -0.4 is 17.2 Å². The van der Waals surface area contributed by atoms with E-state index < -0.39 is 41.5 Å². The zero-order valence-electron chi connectivity index (χ0n) is 28.9. The van der Waals surface area contributed by atoms with Crippen LogP contribution in [-0.2, 0) is 20.2 Å². The molecule has 0 saturated heterocycles. The Labute approximate surface area is 318 Å². The Morgan fingerprint density at radius 3 is 1.48 bits per heavy atom. The highest BCUT2D eigenvalue weighted by atomic mass is 32.2. The maximum Gasteiger partial charge on any atom is 0.296 e. The summed E-state index contributed by atoms with van der Waals surface area (Å²) in [6, 6.07) is 26.0. The van der Waals surface area contributed by atoms with Crippen molar-refractivity contribution in [3.63, 3.8) is 0 Å². The number of hydrogen-bond acceptors (Lipinski definition) is 15. The highest BCUT2D eigenvalue weighted by Gasteiger charge is 2.25. The summed E-state index contributed by atoms with van der Waals surface area (Å²) in [5.41, 5.74) is 21.8. The van der Waals surface area contributed by atoms with Gasteiger partial charge in [0.2, 0.25) is 0 Å². The molecule has 0 fully saturated rings.